The fraction of sp³-hybridized carbons (Fsp3) is 0.615. The summed E-state index contributed by atoms with van der Waals surface area (Å²) in [5.74, 6) is -1.12. The second kappa shape index (κ2) is 7.84. The molecule has 0 aliphatic carbocycles. The standard InChI is InChI=1S/C13H21N3O3S/c1-4-8(2)11(12(17)18)16-13(19)14-6-5-10-7-20-9(3)15-10/h7-8,11H,4-6H2,1-3H3,(H,17,18)(H2,14,16,19)/t8?,11-/m0/s1. The van der Waals surface area contributed by atoms with Gasteiger partial charge >= 0.3 is 12.0 Å². The summed E-state index contributed by atoms with van der Waals surface area (Å²) < 4.78 is 0. The molecule has 2 atom stereocenters. The number of carbonyl (C=O) groups excluding carboxylic acids is 1. The molecule has 1 aromatic rings. The zero-order valence-corrected chi connectivity index (χ0v) is 12.8. The topological polar surface area (TPSA) is 91.3 Å². The van der Waals surface area contributed by atoms with Crippen LogP contribution in [0.25, 0.3) is 0 Å². The molecule has 1 rings (SSSR count). The normalized spacial score (nSPS) is 13.6. The van der Waals surface area contributed by atoms with Gasteiger partial charge in [0.2, 0.25) is 0 Å². The molecular weight excluding hydrogens is 278 g/mol. The molecule has 1 aromatic heterocycles. The minimum Gasteiger partial charge on any atom is -0.480 e. The number of aromatic nitrogens is 1. The van der Waals surface area contributed by atoms with Crippen molar-refractivity contribution in [2.75, 3.05) is 6.54 Å². The van der Waals surface area contributed by atoms with E-state index in [0.29, 0.717) is 19.4 Å². The summed E-state index contributed by atoms with van der Waals surface area (Å²) >= 11 is 1.57. The molecule has 0 aromatic carbocycles. The van der Waals surface area contributed by atoms with Gasteiger partial charge in [0.15, 0.2) is 0 Å². The molecule has 112 valence electrons. The molecule has 0 spiro atoms. The second-order valence-corrected chi connectivity index (χ2v) is 5.77. The molecule has 6 nitrogen and oxygen atoms in total. The summed E-state index contributed by atoms with van der Waals surface area (Å²) in [5, 5.41) is 17.2. The predicted molar refractivity (Wildman–Crippen MR) is 78.0 cm³/mol. The third kappa shape index (κ3) is 5.16. The summed E-state index contributed by atoms with van der Waals surface area (Å²) in [4.78, 5) is 27.0. The third-order valence-corrected chi connectivity index (χ3v) is 3.92. The molecule has 2 amide bonds. The van der Waals surface area contributed by atoms with Gasteiger partial charge in [0.1, 0.15) is 6.04 Å². The first-order chi connectivity index (χ1) is 9.43. The number of aliphatic carboxylic acids is 1. The fourth-order valence-corrected chi connectivity index (χ4v) is 2.35. The first kappa shape index (κ1) is 16.4. The van der Waals surface area contributed by atoms with E-state index in [1.54, 1.807) is 18.3 Å². The van der Waals surface area contributed by atoms with Crippen LogP contribution in [-0.2, 0) is 11.2 Å². The van der Waals surface area contributed by atoms with Crippen molar-refractivity contribution in [3.05, 3.63) is 16.1 Å². The van der Waals surface area contributed by atoms with Gasteiger partial charge in [-0.25, -0.2) is 14.6 Å². The number of aryl methyl sites for hydroxylation is 1. The molecule has 1 unspecified atom stereocenters. The number of urea groups is 1. The molecule has 0 fully saturated rings. The Labute approximate surface area is 122 Å². The van der Waals surface area contributed by atoms with Crippen LogP contribution in [0.2, 0.25) is 0 Å². The van der Waals surface area contributed by atoms with E-state index in [2.05, 4.69) is 15.6 Å². The highest BCUT2D eigenvalue weighted by atomic mass is 32.1. The van der Waals surface area contributed by atoms with Crippen molar-refractivity contribution in [1.82, 2.24) is 15.6 Å². The number of thiazole rings is 1. The Morgan fingerprint density at radius 1 is 1.50 bits per heavy atom. The quantitative estimate of drug-likeness (QED) is 0.716. The number of hydrogen-bond donors (Lipinski definition) is 3. The lowest BCUT2D eigenvalue weighted by atomic mass is 9.99. The zero-order valence-electron chi connectivity index (χ0n) is 12.0. The molecule has 0 saturated carbocycles. The van der Waals surface area contributed by atoms with Crippen LogP contribution in [0.1, 0.15) is 31.0 Å². The van der Waals surface area contributed by atoms with Gasteiger partial charge < -0.3 is 15.7 Å². The monoisotopic (exact) mass is 299 g/mol. The summed E-state index contributed by atoms with van der Waals surface area (Å²) in [6.45, 7) is 6.06. The molecule has 7 heteroatoms. The van der Waals surface area contributed by atoms with Crippen LogP contribution >= 0.6 is 11.3 Å². The predicted octanol–water partition coefficient (Wildman–Crippen LogP) is 1.79. The largest absolute Gasteiger partial charge is 0.480 e. The highest BCUT2D eigenvalue weighted by molar-refractivity contribution is 7.09. The summed E-state index contributed by atoms with van der Waals surface area (Å²) in [6.07, 6.45) is 1.33. The Hall–Kier alpha value is -1.63. The number of rotatable bonds is 7. The lowest BCUT2D eigenvalue weighted by Crippen LogP contribution is -2.49. The van der Waals surface area contributed by atoms with Crippen molar-refractivity contribution >= 4 is 23.3 Å². The Morgan fingerprint density at radius 3 is 2.70 bits per heavy atom. The molecule has 0 aliphatic heterocycles. The van der Waals surface area contributed by atoms with E-state index in [0.717, 1.165) is 10.7 Å². The van der Waals surface area contributed by atoms with Crippen molar-refractivity contribution in [3.63, 3.8) is 0 Å². The van der Waals surface area contributed by atoms with Crippen molar-refractivity contribution in [3.8, 4) is 0 Å². The van der Waals surface area contributed by atoms with Crippen LogP contribution < -0.4 is 10.6 Å². The maximum absolute atomic E-state index is 11.7. The van der Waals surface area contributed by atoms with Gasteiger partial charge in [0.05, 0.1) is 10.7 Å². The summed E-state index contributed by atoms with van der Waals surface area (Å²) in [5.41, 5.74) is 0.935. The van der Waals surface area contributed by atoms with E-state index in [9.17, 15) is 9.59 Å². The third-order valence-electron chi connectivity index (χ3n) is 3.10. The van der Waals surface area contributed by atoms with Crippen molar-refractivity contribution in [1.29, 1.82) is 0 Å². The highest BCUT2D eigenvalue weighted by Crippen LogP contribution is 2.08. The fourth-order valence-electron chi connectivity index (χ4n) is 1.70. The SMILES string of the molecule is CCC(C)[C@H](NC(=O)NCCc1csc(C)n1)C(=O)O. The lowest BCUT2D eigenvalue weighted by Gasteiger charge is -2.20. The highest BCUT2D eigenvalue weighted by Gasteiger charge is 2.24. The first-order valence-electron chi connectivity index (χ1n) is 6.62. The molecule has 0 radical (unpaired) electrons. The van der Waals surface area contributed by atoms with Crippen molar-refractivity contribution in [2.45, 2.75) is 39.7 Å². The van der Waals surface area contributed by atoms with Gasteiger partial charge in [-0.05, 0) is 12.8 Å². The first-order valence-corrected chi connectivity index (χ1v) is 7.50. The zero-order chi connectivity index (χ0) is 15.1. The van der Waals surface area contributed by atoms with E-state index in [1.165, 1.54) is 0 Å². The number of hydrogen-bond acceptors (Lipinski definition) is 4. The number of carbonyl (C=O) groups is 2. The minimum absolute atomic E-state index is 0.112. The Bertz CT molecular complexity index is 461. The minimum atomic E-state index is -1.01. The van der Waals surface area contributed by atoms with E-state index >= 15 is 0 Å². The van der Waals surface area contributed by atoms with Gasteiger partial charge in [-0.1, -0.05) is 20.3 Å². The molecular formula is C13H21N3O3S. The molecule has 0 saturated heterocycles. The van der Waals surface area contributed by atoms with Crippen molar-refractivity contribution in [2.24, 2.45) is 5.92 Å². The molecule has 20 heavy (non-hydrogen) atoms. The van der Waals surface area contributed by atoms with Gasteiger partial charge in [-0.2, -0.15) is 0 Å². The molecule has 0 aliphatic rings. The number of carboxylic acids is 1. The van der Waals surface area contributed by atoms with Gasteiger partial charge in [-0.15, -0.1) is 11.3 Å². The molecule has 0 bridgehead atoms. The van der Waals surface area contributed by atoms with E-state index in [-0.39, 0.29) is 5.92 Å². The van der Waals surface area contributed by atoms with Gasteiger partial charge in [0.25, 0.3) is 0 Å². The van der Waals surface area contributed by atoms with Crippen LogP contribution in [0, 0.1) is 12.8 Å². The van der Waals surface area contributed by atoms with E-state index in [4.69, 9.17) is 5.11 Å². The number of nitrogens with zero attached hydrogens (tertiary/aromatic N) is 1. The van der Waals surface area contributed by atoms with Gasteiger partial charge in [-0.3, -0.25) is 0 Å². The molecule has 3 N–H and O–H groups in total. The van der Waals surface area contributed by atoms with Crippen molar-refractivity contribution < 1.29 is 14.7 Å². The Kier molecular flexibility index (Phi) is 6.44. The van der Waals surface area contributed by atoms with Crippen LogP contribution in [0.5, 0.6) is 0 Å². The maximum atomic E-state index is 11.7. The van der Waals surface area contributed by atoms with E-state index in [1.807, 2.05) is 19.2 Å². The molecule has 1 heterocycles. The van der Waals surface area contributed by atoms with Crippen LogP contribution in [-0.4, -0.2) is 34.7 Å². The van der Waals surface area contributed by atoms with Gasteiger partial charge in [0, 0.05) is 18.3 Å². The van der Waals surface area contributed by atoms with Crippen LogP contribution in [0.3, 0.4) is 0 Å². The van der Waals surface area contributed by atoms with Crippen LogP contribution in [0.15, 0.2) is 5.38 Å². The average molecular weight is 299 g/mol. The lowest BCUT2D eigenvalue weighted by molar-refractivity contribution is -0.140. The number of amides is 2. The average Bonchev–Trinajstić information content (AvgIpc) is 2.80. The smallest absolute Gasteiger partial charge is 0.326 e. The number of nitrogens with one attached hydrogen (secondary N) is 2. The Morgan fingerprint density at radius 2 is 2.20 bits per heavy atom. The van der Waals surface area contributed by atoms with E-state index < -0.39 is 18.0 Å². The Balaban J connectivity index is 2.36. The van der Waals surface area contributed by atoms with Crippen LogP contribution in [0.4, 0.5) is 4.79 Å². The summed E-state index contributed by atoms with van der Waals surface area (Å²) in [7, 11) is 0. The number of carboxylic acid groups (broad SMARTS) is 1. The maximum Gasteiger partial charge on any atom is 0.326 e. The summed E-state index contributed by atoms with van der Waals surface area (Å²) in [6, 6.07) is -1.31. The second-order valence-electron chi connectivity index (χ2n) is 4.71.